The molecule has 0 saturated carbocycles. The second kappa shape index (κ2) is 10.5. The van der Waals surface area contributed by atoms with E-state index in [1.165, 1.54) is 25.7 Å². The van der Waals surface area contributed by atoms with Crippen LogP contribution in [-0.2, 0) is 0 Å². The van der Waals surface area contributed by atoms with Gasteiger partial charge in [0.05, 0.1) is 0 Å². The van der Waals surface area contributed by atoms with E-state index in [0.717, 1.165) is 40.9 Å². The van der Waals surface area contributed by atoms with Crippen LogP contribution in [-0.4, -0.2) is 6.54 Å². The number of benzene rings is 1. The molecule has 0 fully saturated rings. The second-order valence-electron chi connectivity index (χ2n) is 5.82. The summed E-state index contributed by atoms with van der Waals surface area (Å²) in [6, 6.07) is 6.09. The minimum atomic E-state index is 0.304. The Balaban J connectivity index is 2.85. The first-order valence-electron chi connectivity index (χ1n) is 8.30. The number of hydrogen-bond donors (Lipinski definition) is 1. The lowest BCUT2D eigenvalue weighted by Gasteiger charge is -2.25. The molecule has 2 unspecified atom stereocenters. The van der Waals surface area contributed by atoms with E-state index in [1.54, 1.807) is 0 Å². The molecule has 21 heavy (non-hydrogen) atoms. The summed E-state index contributed by atoms with van der Waals surface area (Å²) in [7, 11) is 0. The Morgan fingerprint density at radius 1 is 1.10 bits per heavy atom. The van der Waals surface area contributed by atoms with Gasteiger partial charge in [0.15, 0.2) is 0 Å². The molecular weight excluding hydrogens is 301 g/mol. The Morgan fingerprint density at radius 3 is 2.48 bits per heavy atom. The molecule has 0 aliphatic heterocycles. The average molecular weight is 330 g/mol. The highest BCUT2D eigenvalue weighted by molar-refractivity contribution is 6.33. The van der Waals surface area contributed by atoms with Crippen LogP contribution in [0.3, 0.4) is 0 Å². The number of unbranched alkanes of at least 4 members (excludes halogenated alkanes) is 1. The van der Waals surface area contributed by atoms with Crippen molar-refractivity contribution in [3.63, 3.8) is 0 Å². The summed E-state index contributed by atoms with van der Waals surface area (Å²) in [6.07, 6.45) is 7.36. The van der Waals surface area contributed by atoms with Gasteiger partial charge in [-0.1, -0.05) is 69.7 Å². The van der Waals surface area contributed by atoms with Gasteiger partial charge in [0.25, 0.3) is 0 Å². The van der Waals surface area contributed by atoms with Crippen molar-refractivity contribution in [2.45, 2.75) is 65.3 Å². The number of halogens is 2. The molecule has 0 aliphatic rings. The SMILES string of the molecule is CCCCC(CC)CC(NCCC)c1cc(Cl)ccc1Cl. The monoisotopic (exact) mass is 329 g/mol. The highest BCUT2D eigenvalue weighted by atomic mass is 35.5. The molecule has 1 nitrogen and oxygen atoms in total. The van der Waals surface area contributed by atoms with Gasteiger partial charge in [0, 0.05) is 16.1 Å². The first-order chi connectivity index (χ1) is 10.1. The van der Waals surface area contributed by atoms with E-state index in [0.29, 0.717) is 6.04 Å². The minimum Gasteiger partial charge on any atom is -0.310 e. The van der Waals surface area contributed by atoms with Crippen LogP contribution >= 0.6 is 23.2 Å². The van der Waals surface area contributed by atoms with Crippen molar-refractivity contribution in [3.8, 4) is 0 Å². The van der Waals surface area contributed by atoms with E-state index >= 15 is 0 Å². The van der Waals surface area contributed by atoms with Crippen molar-refractivity contribution in [2.24, 2.45) is 5.92 Å². The highest BCUT2D eigenvalue weighted by Crippen LogP contribution is 2.32. The van der Waals surface area contributed by atoms with Gasteiger partial charge in [0.1, 0.15) is 0 Å². The molecule has 0 bridgehead atoms. The lowest BCUT2D eigenvalue weighted by Crippen LogP contribution is -2.25. The van der Waals surface area contributed by atoms with Gasteiger partial charge >= 0.3 is 0 Å². The molecule has 0 amide bonds. The topological polar surface area (TPSA) is 12.0 Å². The molecule has 1 aromatic rings. The number of nitrogens with one attached hydrogen (secondary N) is 1. The third-order valence-electron chi connectivity index (χ3n) is 4.09. The molecule has 1 aromatic carbocycles. The third-order valence-corrected chi connectivity index (χ3v) is 4.67. The van der Waals surface area contributed by atoms with Crippen LogP contribution in [0.15, 0.2) is 18.2 Å². The largest absolute Gasteiger partial charge is 0.310 e. The van der Waals surface area contributed by atoms with Crippen molar-refractivity contribution in [1.82, 2.24) is 5.32 Å². The molecule has 0 radical (unpaired) electrons. The van der Waals surface area contributed by atoms with Gasteiger partial charge in [-0.3, -0.25) is 0 Å². The van der Waals surface area contributed by atoms with Crippen molar-refractivity contribution in [1.29, 1.82) is 0 Å². The van der Waals surface area contributed by atoms with Crippen LogP contribution in [0.2, 0.25) is 10.0 Å². The quantitative estimate of drug-likeness (QED) is 0.507. The molecule has 2 atom stereocenters. The fraction of sp³-hybridized carbons (Fsp3) is 0.667. The minimum absolute atomic E-state index is 0.304. The summed E-state index contributed by atoms with van der Waals surface area (Å²) in [5, 5.41) is 5.23. The van der Waals surface area contributed by atoms with E-state index in [2.05, 4.69) is 26.1 Å². The molecule has 0 aliphatic carbocycles. The molecular formula is C18H29Cl2N. The Kier molecular flexibility index (Phi) is 9.39. The molecule has 3 heteroatoms. The number of hydrogen-bond acceptors (Lipinski definition) is 1. The summed E-state index contributed by atoms with van der Waals surface area (Å²) in [5.74, 6) is 0.745. The Bertz CT molecular complexity index is 406. The lowest BCUT2D eigenvalue weighted by atomic mass is 9.89. The predicted molar refractivity (Wildman–Crippen MR) is 95.4 cm³/mol. The van der Waals surface area contributed by atoms with Gasteiger partial charge in [-0.2, -0.15) is 0 Å². The summed E-state index contributed by atoms with van der Waals surface area (Å²) in [5.41, 5.74) is 1.15. The Hall–Kier alpha value is -0.240. The second-order valence-corrected chi connectivity index (χ2v) is 6.67. The highest BCUT2D eigenvalue weighted by Gasteiger charge is 2.19. The lowest BCUT2D eigenvalue weighted by molar-refractivity contribution is 0.354. The van der Waals surface area contributed by atoms with Crippen molar-refractivity contribution >= 4 is 23.2 Å². The number of rotatable bonds is 10. The van der Waals surface area contributed by atoms with Gasteiger partial charge in [-0.05, 0) is 49.1 Å². The first-order valence-corrected chi connectivity index (χ1v) is 9.06. The zero-order chi connectivity index (χ0) is 15.7. The van der Waals surface area contributed by atoms with E-state index in [1.807, 2.05) is 18.2 Å². The smallest absolute Gasteiger partial charge is 0.0454 e. The summed E-state index contributed by atoms with van der Waals surface area (Å²) >= 11 is 12.6. The van der Waals surface area contributed by atoms with Crippen molar-refractivity contribution < 1.29 is 0 Å². The molecule has 0 spiro atoms. The summed E-state index contributed by atoms with van der Waals surface area (Å²) < 4.78 is 0. The van der Waals surface area contributed by atoms with E-state index in [-0.39, 0.29) is 0 Å². The van der Waals surface area contributed by atoms with E-state index in [9.17, 15) is 0 Å². The van der Waals surface area contributed by atoms with Gasteiger partial charge < -0.3 is 5.32 Å². The maximum atomic E-state index is 6.40. The van der Waals surface area contributed by atoms with Gasteiger partial charge in [-0.15, -0.1) is 0 Å². The fourth-order valence-corrected chi connectivity index (χ4v) is 3.17. The molecule has 1 rings (SSSR count). The maximum Gasteiger partial charge on any atom is 0.0454 e. The Morgan fingerprint density at radius 2 is 1.86 bits per heavy atom. The van der Waals surface area contributed by atoms with Crippen LogP contribution in [0, 0.1) is 5.92 Å². The van der Waals surface area contributed by atoms with E-state index < -0.39 is 0 Å². The normalized spacial score (nSPS) is 14.1. The molecule has 1 N–H and O–H groups in total. The van der Waals surface area contributed by atoms with Crippen molar-refractivity contribution in [2.75, 3.05) is 6.54 Å². The van der Waals surface area contributed by atoms with Crippen LogP contribution in [0.5, 0.6) is 0 Å². The molecule has 120 valence electrons. The fourth-order valence-electron chi connectivity index (χ4n) is 2.74. The van der Waals surface area contributed by atoms with Crippen LogP contribution in [0.4, 0.5) is 0 Å². The van der Waals surface area contributed by atoms with Crippen molar-refractivity contribution in [3.05, 3.63) is 33.8 Å². The zero-order valence-corrected chi connectivity index (χ0v) is 15.1. The zero-order valence-electron chi connectivity index (χ0n) is 13.6. The summed E-state index contributed by atoms with van der Waals surface area (Å²) in [4.78, 5) is 0. The Labute approximate surface area is 140 Å². The van der Waals surface area contributed by atoms with Gasteiger partial charge in [-0.25, -0.2) is 0 Å². The summed E-state index contributed by atoms with van der Waals surface area (Å²) in [6.45, 7) is 7.75. The van der Waals surface area contributed by atoms with E-state index in [4.69, 9.17) is 23.2 Å². The third kappa shape index (κ3) is 6.59. The maximum absolute atomic E-state index is 6.40. The van der Waals surface area contributed by atoms with Crippen LogP contribution in [0.25, 0.3) is 0 Å². The van der Waals surface area contributed by atoms with Crippen LogP contribution in [0.1, 0.15) is 70.9 Å². The molecule has 0 heterocycles. The van der Waals surface area contributed by atoms with Gasteiger partial charge in [0.2, 0.25) is 0 Å². The standard InChI is InChI=1S/C18H29Cl2N/c1-4-7-8-14(6-3)12-18(21-11-5-2)16-13-15(19)9-10-17(16)20/h9-10,13-14,18,21H,4-8,11-12H2,1-3H3. The van der Waals surface area contributed by atoms with Crippen LogP contribution < -0.4 is 5.32 Å². The average Bonchev–Trinajstić information content (AvgIpc) is 2.49. The molecule has 0 saturated heterocycles. The predicted octanol–water partition coefficient (Wildman–Crippen LogP) is 6.64. The first kappa shape index (κ1) is 18.8. The molecule has 0 aromatic heterocycles.